The van der Waals surface area contributed by atoms with E-state index in [4.69, 9.17) is 5.73 Å². The maximum atomic E-state index is 12.4. The predicted molar refractivity (Wildman–Crippen MR) is 104 cm³/mol. The molecule has 6 nitrogen and oxygen atoms in total. The minimum atomic E-state index is -4.80. The molecule has 146 valence electrons. The second-order valence-corrected chi connectivity index (χ2v) is 5.63. The number of hydrogen-bond acceptors (Lipinski definition) is 3. The molecule has 1 fully saturated rings. The van der Waals surface area contributed by atoms with Gasteiger partial charge in [0.2, 0.25) is 5.91 Å². The first kappa shape index (κ1) is 22.3. The number of ether oxygens (including phenoxy) is 1. The average Bonchev–Trinajstić information content (AvgIpc) is 2.56. The molecule has 1 heterocycles. The van der Waals surface area contributed by atoms with Crippen LogP contribution in [0.3, 0.4) is 0 Å². The van der Waals surface area contributed by atoms with Crippen molar-refractivity contribution in [2.75, 3.05) is 25.0 Å². The normalized spacial score (nSPS) is 15.2. The van der Waals surface area contributed by atoms with E-state index in [0.717, 1.165) is 32.4 Å². The number of benzene rings is 1. The lowest BCUT2D eigenvalue weighted by Gasteiger charge is -2.26. The molecule has 0 spiro atoms. The Kier molecular flexibility index (Phi) is 8.96. The van der Waals surface area contributed by atoms with E-state index in [0.29, 0.717) is 0 Å². The molecule has 1 aromatic carbocycles. The van der Waals surface area contributed by atoms with Gasteiger partial charge in [-0.2, -0.15) is 0 Å². The average molecular weight is 486 g/mol. The maximum absolute atomic E-state index is 12.4. The molecule has 1 aliphatic rings. The van der Waals surface area contributed by atoms with Crippen molar-refractivity contribution in [3.63, 3.8) is 0 Å². The molecule has 1 saturated heterocycles. The summed E-state index contributed by atoms with van der Waals surface area (Å²) in [6.07, 6.45) is -1.44. The van der Waals surface area contributed by atoms with Gasteiger partial charge in [-0.1, -0.05) is 12.1 Å². The summed E-state index contributed by atoms with van der Waals surface area (Å²) in [7, 11) is 0. The zero-order valence-electron chi connectivity index (χ0n) is 14.1. The largest absolute Gasteiger partial charge is 0.573 e. The molecule has 26 heavy (non-hydrogen) atoms. The number of carbonyl (C=O) groups excluding carboxylic acids is 1. The van der Waals surface area contributed by atoms with Gasteiger partial charge in [0.15, 0.2) is 11.7 Å². The van der Waals surface area contributed by atoms with E-state index in [2.05, 4.69) is 15.0 Å². The van der Waals surface area contributed by atoms with Crippen LogP contribution in [-0.4, -0.2) is 42.8 Å². The lowest BCUT2D eigenvalue weighted by atomic mass is 10.1. The summed E-state index contributed by atoms with van der Waals surface area (Å²) in [5.41, 5.74) is 5.73. The zero-order chi connectivity index (χ0) is 18.3. The van der Waals surface area contributed by atoms with Gasteiger partial charge in [0.05, 0.1) is 12.2 Å². The number of carbonyl (C=O) groups is 1. The SMILES string of the molecule is I.NC(=NCCC(=O)N1CCCCC1)Nc1ccccc1OC(F)(F)F. The number of halogens is 4. The van der Waals surface area contributed by atoms with E-state index in [-0.39, 0.29) is 54.5 Å². The Morgan fingerprint density at radius 1 is 1.23 bits per heavy atom. The minimum absolute atomic E-state index is 0. The summed E-state index contributed by atoms with van der Waals surface area (Å²) in [5, 5.41) is 2.56. The molecular weight excluding hydrogens is 464 g/mol. The Balaban J connectivity index is 0.00000338. The topological polar surface area (TPSA) is 80.0 Å². The van der Waals surface area contributed by atoms with Crippen molar-refractivity contribution in [3.8, 4) is 5.75 Å². The van der Waals surface area contributed by atoms with E-state index in [9.17, 15) is 18.0 Å². The number of anilines is 1. The number of likely N-dealkylation sites (tertiary alicyclic amines) is 1. The molecule has 1 aliphatic heterocycles. The molecular formula is C16H22F3IN4O2. The van der Waals surface area contributed by atoms with Crippen molar-refractivity contribution in [2.24, 2.45) is 10.7 Å². The standard InChI is InChI=1S/C16H21F3N4O2.HI/c17-16(18,19)25-13-7-3-2-6-12(13)22-15(20)21-9-8-14(24)23-10-4-1-5-11-23;/h2-3,6-7H,1,4-5,8-11H2,(H3,20,21,22);1H. The highest BCUT2D eigenvalue weighted by molar-refractivity contribution is 14.0. The van der Waals surface area contributed by atoms with Crippen molar-refractivity contribution in [3.05, 3.63) is 24.3 Å². The summed E-state index contributed by atoms with van der Waals surface area (Å²) < 4.78 is 41.0. The molecule has 0 aliphatic carbocycles. The van der Waals surface area contributed by atoms with Crippen molar-refractivity contribution in [1.82, 2.24) is 4.90 Å². The van der Waals surface area contributed by atoms with Gasteiger partial charge in [-0.25, -0.2) is 0 Å². The predicted octanol–water partition coefficient (Wildman–Crippen LogP) is 3.33. The van der Waals surface area contributed by atoms with Crippen LogP contribution >= 0.6 is 24.0 Å². The Hall–Kier alpha value is -1.72. The molecule has 10 heteroatoms. The zero-order valence-corrected chi connectivity index (χ0v) is 16.4. The molecule has 0 aromatic heterocycles. The smallest absolute Gasteiger partial charge is 0.404 e. The number of rotatable bonds is 5. The Bertz CT molecular complexity index is 620. The highest BCUT2D eigenvalue weighted by atomic mass is 127. The molecule has 0 radical (unpaired) electrons. The van der Waals surface area contributed by atoms with Crippen LogP contribution in [0, 0.1) is 0 Å². The number of nitrogens with one attached hydrogen (secondary N) is 1. The second kappa shape index (κ2) is 10.4. The monoisotopic (exact) mass is 486 g/mol. The summed E-state index contributed by atoms with van der Waals surface area (Å²) in [6, 6.07) is 5.51. The van der Waals surface area contributed by atoms with Gasteiger partial charge in [0.25, 0.3) is 0 Å². The second-order valence-electron chi connectivity index (χ2n) is 5.63. The van der Waals surface area contributed by atoms with Crippen LogP contribution in [0.5, 0.6) is 5.75 Å². The van der Waals surface area contributed by atoms with Crippen LogP contribution in [0.25, 0.3) is 0 Å². The number of nitrogens with two attached hydrogens (primary N) is 1. The molecule has 1 aromatic rings. The van der Waals surface area contributed by atoms with E-state index >= 15 is 0 Å². The van der Waals surface area contributed by atoms with E-state index in [1.54, 1.807) is 11.0 Å². The Morgan fingerprint density at radius 3 is 2.54 bits per heavy atom. The highest BCUT2D eigenvalue weighted by Gasteiger charge is 2.32. The fourth-order valence-electron chi connectivity index (χ4n) is 2.53. The molecule has 0 bridgehead atoms. The summed E-state index contributed by atoms with van der Waals surface area (Å²) >= 11 is 0. The Morgan fingerprint density at radius 2 is 1.88 bits per heavy atom. The molecule has 1 amide bonds. The number of guanidine groups is 1. The lowest BCUT2D eigenvalue weighted by Crippen LogP contribution is -2.36. The summed E-state index contributed by atoms with van der Waals surface area (Å²) in [6.45, 7) is 1.69. The van der Waals surface area contributed by atoms with Crippen molar-refractivity contribution >= 4 is 41.5 Å². The van der Waals surface area contributed by atoms with Gasteiger partial charge in [0, 0.05) is 19.5 Å². The van der Waals surface area contributed by atoms with Gasteiger partial charge in [-0.3, -0.25) is 9.79 Å². The van der Waals surface area contributed by atoms with Gasteiger partial charge in [-0.15, -0.1) is 37.1 Å². The molecule has 0 unspecified atom stereocenters. The van der Waals surface area contributed by atoms with Crippen molar-refractivity contribution in [2.45, 2.75) is 32.0 Å². The van der Waals surface area contributed by atoms with E-state index < -0.39 is 12.1 Å². The van der Waals surface area contributed by atoms with Crippen LogP contribution in [0.1, 0.15) is 25.7 Å². The molecule has 2 rings (SSSR count). The van der Waals surface area contributed by atoms with Crippen LogP contribution in [0.15, 0.2) is 29.3 Å². The third kappa shape index (κ3) is 7.67. The van der Waals surface area contributed by atoms with Gasteiger partial charge >= 0.3 is 6.36 Å². The molecule has 3 N–H and O–H groups in total. The summed E-state index contributed by atoms with van der Waals surface area (Å²) in [5.74, 6) is -0.473. The first-order valence-electron chi connectivity index (χ1n) is 8.04. The van der Waals surface area contributed by atoms with Crippen molar-refractivity contribution < 1.29 is 22.7 Å². The quantitative estimate of drug-likeness (QED) is 0.380. The van der Waals surface area contributed by atoms with Crippen LogP contribution < -0.4 is 15.8 Å². The third-order valence-electron chi connectivity index (χ3n) is 3.69. The van der Waals surface area contributed by atoms with Gasteiger partial charge < -0.3 is 20.7 Å². The Labute approximate surface area is 167 Å². The maximum Gasteiger partial charge on any atom is 0.573 e. The third-order valence-corrected chi connectivity index (χ3v) is 3.69. The highest BCUT2D eigenvalue weighted by Crippen LogP contribution is 2.29. The number of alkyl halides is 3. The number of para-hydroxylation sites is 2. The van der Waals surface area contributed by atoms with Gasteiger partial charge in [0.1, 0.15) is 0 Å². The number of piperidine rings is 1. The number of nitrogens with zero attached hydrogens (tertiary/aromatic N) is 2. The first-order chi connectivity index (χ1) is 11.8. The van der Waals surface area contributed by atoms with Crippen LogP contribution in [0.2, 0.25) is 0 Å². The minimum Gasteiger partial charge on any atom is -0.404 e. The number of hydrogen-bond donors (Lipinski definition) is 2. The van der Waals surface area contributed by atoms with Crippen LogP contribution in [-0.2, 0) is 4.79 Å². The number of aliphatic imine (C=N–C) groups is 1. The fourth-order valence-corrected chi connectivity index (χ4v) is 2.53. The lowest BCUT2D eigenvalue weighted by molar-refractivity contribution is -0.274. The molecule has 0 atom stereocenters. The number of amides is 1. The van der Waals surface area contributed by atoms with Gasteiger partial charge in [-0.05, 0) is 31.4 Å². The first-order valence-corrected chi connectivity index (χ1v) is 8.04. The summed E-state index contributed by atoms with van der Waals surface area (Å²) in [4.78, 5) is 17.8. The van der Waals surface area contributed by atoms with E-state index in [1.807, 2.05) is 0 Å². The fraction of sp³-hybridized carbons (Fsp3) is 0.500. The van der Waals surface area contributed by atoms with Crippen molar-refractivity contribution in [1.29, 1.82) is 0 Å². The van der Waals surface area contributed by atoms with Crippen LogP contribution in [0.4, 0.5) is 18.9 Å². The molecule has 0 saturated carbocycles. The van der Waals surface area contributed by atoms with E-state index in [1.165, 1.54) is 18.2 Å².